The first kappa shape index (κ1) is 5.15. The van der Waals surface area contributed by atoms with Gasteiger partial charge in [-0.1, -0.05) is 0 Å². The Morgan fingerprint density at radius 3 is 2.17 bits per heavy atom. The quantitative estimate of drug-likeness (QED) is 0.412. The number of hydrogen-bond donors (Lipinski definition) is 0. The Balaban J connectivity index is 3.20. The first-order valence-electron chi connectivity index (χ1n) is 1.13. The largest absolute Gasteiger partial charge is 0.498 e. The SMILES string of the molecule is [O-][N+]#CC(F)F. The maximum Gasteiger partial charge on any atom is 0.371 e. The van der Waals surface area contributed by atoms with Gasteiger partial charge in [0.1, 0.15) is 0 Å². The Kier molecular flexibility index (Phi) is 2.05. The summed E-state index contributed by atoms with van der Waals surface area (Å²) in [6.07, 6.45) is -2.83. The maximum absolute atomic E-state index is 10.6. The zero-order chi connectivity index (χ0) is 4.99. The molecule has 34 valence electrons. The van der Waals surface area contributed by atoms with E-state index in [1.807, 2.05) is 0 Å². The second-order valence-corrected chi connectivity index (χ2v) is 0.521. The molecule has 0 heterocycles. The fraction of sp³-hybridized carbons (Fsp3) is 0.500. The van der Waals surface area contributed by atoms with E-state index in [0.29, 0.717) is 0 Å². The monoisotopic (exact) mass is 93.0 g/mol. The molecule has 0 spiro atoms. The van der Waals surface area contributed by atoms with Crippen LogP contribution in [0, 0.1) is 11.3 Å². The van der Waals surface area contributed by atoms with Crippen molar-refractivity contribution in [1.29, 1.82) is 0 Å². The van der Waals surface area contributed by atoms with Crippen LogP contribution < -0.4 is 0 Å². The molecule has 0 fully saturated rings. The van der Waals surface area contributed by atoms with Gasteiger partial charge in [0.05, 0.1) is 0 Å². The molecule has 0 aliphatic rings. The molecule has 0 radical (unpaired) electrons. The number of alkyl halides is 2. The van der Waals surface area contributed by atoms with Crippen LogP contribution in [0.4, 0.5) is 8.78 Å². The number of nitrogens with zero attached hydrogens (tertiary/aromatic N) is 1. The summed E-state index contributed by atoms with van der Waals surface area (Å²) in [5, 5.41) is 10.5. The molecule has 0 amide bonds. The van der Waals surface area contributed by atoms with Crippen molar-refractivity contribution in [3.63, 3.8) is 0 Å². The minimum absolute atomic E-state index is 0.944. The fourth-order valence-corrected chi connectivity index (χ4v) is 0.0398. The molecular weight excluding hydrogens is 92.0 g/mol. The lowest BCUT2D eigenvalue weighted by Gasteiger charge is -1.64. The second-order valence-electron chi connectivity index (χ2n) is 0.521. The standard InChI is InChI=1S/C2HF2NO/c3-2(4)1-5-6/h2H. The molecule has 0 atom stereocenters. The van der Waals surface area contributed by atoms with Crippen LogP contribution in [0.15, 0.2) is 0 Å². The van der Waals surface area contributed by atoms with Crippen molar-refractivity contribution in [2.24, 2.45) is 0 Å². The molecule has 0 bridgehead atoms. The number of halogens is 2. The topological polar surface area (TPSA) is 27.4 Å². The highest BCUT2D eigenvalue weighted by atomic mass is 19.3. The van der Waals surface area contributed by atoms with E-state index in [1.165, 1.54) is 0 Å². The van der Waals surface area contributed by atoms with E-state index in [1.54, 1.807) is 5.01 Å². The van der Waals surface area contributed by atoms with Gasteiger partial charge in [0.25, 0.3) is 0 Å². The van der Waals surface area contributed by atoms with Crippen molar-refractivity contribution in [3.8, 4) is 6.07 Å². The molecule has 6 heavy (non-hydrogen) atoms. The van der Waals surface area contributed by atoms with Crippen LogP contribution in [0.2, 0.25) is 0 Å². The third-order valence-electron chi connectivity index (χ3n) is 0.150. The van der Waals surface area contributed by atoms with E-state index in [2.05, 4.69) is 0 Å². The summed E-state index contributed by atoms with van der Waals surface area (Å²) in [6, 6.07) is 0.944. The van der Waals surface area contributed by atoms with Gasteiger partial charge in [-0.25, -0.2) is 0 Å². The molecule has 4 heteroatoms. The van der Waals surface area contributed by atoms with E-state index in [0.717, 1.165) is 6.07 Å². The Hall–Kier alpha value is -0.850. The summed E-state index contributed by atoms with van der Waals surface area (Å²) in [5.41, 5.74) is 0. The second kappa shape index (κ2) is 2.39. The zero-order valence-electron chi connectivity index (χ0n) is 2.69. The van der Waals surface area contributed by atoms with E-state index in [-0.39, 0.29) is 0 Å². The van der Waals surface area contributed by atoms with Gasteiger partial charge in [-0.05, 0) is 0 Å². The van der Waals surface area contributed by atoms with E-state index in [9.17, 15) is 8.78 Å². The molecule has 0 aliphatic heterocycles. The van der Waals surface area contributed by atoms with E-state index >= 15 is 0 Å². The highest BCUT2D eigenvalue weighted by Crippen LogP contribution is 1.85. The molecular formula is C2HF2NO. The van der Waals surface area contributed by atoms with Crippen LogP contribution in [0.3, 0.4) is 0 Å². The molecule has 2 nitrogen and oxygen atoms in total. The van der Waals surface area contributed by atoms with Crippen molar-refractivity contribution in [3.05, 3.63) is 10.2 Å². The minimum Gasteiger partial charge on any atom is -0.498 e. The van der Waals surface area contributed by atoms with Gasteiger partial charge >= 0.3 is 12.5 Å². The van der Waals surface area contributed by atoms with Crippen LogP contribution in [0.25, 0.3) is 5.01 Å². The van der Waals surface area contributed by atoms with Crippen LogP contribution in [0.1, 0.15) is 0 Å². The molecule has 0 saturated carbocycles. The lowest BCUT2D eigenvalue weighted by atomic mass is 10.8. The lowest BCUT2D eigenvalue weighted by Crippen LogP contribution is -1.77. The van der Waals surface area contributed by atoms with Crippen molar-refractivity contribution >= 4 is 0 Å². The van der Waals surface area contributed by atoms with Crippen molar-refractivity contribution < 1.29 is 8.78 Å². The number of rotatable bonds is 0. The molecule has 0 unspecified atom stereocenters. The summed E-state index contributed by atoms with van der Waals surface area (Å²) < 4.78 is 21.3. The third kappa shape index (κ3) is 3.15. The molecule has 0 aromatic heterocycles. The molecule has 0 N–H and O–H groups in total. The Bertz CT molecular complexity index is 81.3. The average Bonchev–Trinajstić information content (AvgIpc) is 1.35. The van der Waals surface area contributed by atoms with Crippen molar-refractivity contribution in [2.45, 2.75) is 6.43 Å². The molecule has 0 rings (SSSR count). The van der Waals surface area contributed by atoms with Gasteiger partial charge in [-0.15, -0.1) is 0 Å². The highest BCUT2D eigenvalue weighted by molar-refractivity contribution is 4.89. The predicted octanol–water partition coefficient (Wildman–Crippen LogP) is 1.08. The summed E-state index contributed by atoms with van der Waals surface area (Å²) >= 11 is 0. The summed E-state index contributed by atoms with van der Waals surface area (Å²) in [7, 11) is 0. The van der Waals surface area contributed by atoms with Gasteiger partial charge in [-0.3, -0.25) is 0 Å². The summed E-state index contributed by atoms with van der Waals surface area (Å²) in [4.78, 5) is 0. The summed E-state index contributed by atoms with van der Waals surface area (Å²) in [6.45, 7) is 0. The van der Waals surface area contributed by atoms with Gasteiger partial charge < -0.3 is 5.21 Å². The fourth-order valence-electron chi connectivity index (χ4n) is 0.0398. The molecule has 0 aliphatic carbocycles. The average molecular weight is 93.0 g/mol. The van der Waals surface area contributed by atoms with Crippen LogP contribution in [0.5, 0.6) is 0 Å². The van der Waals surface area contributed by atoms with E-state index in [4.69, 9.17) is 5.21 Å². The zero-order valence-corrected chi connectivity index (χ0v) is 2.69. The lowest BCUT2D eigenvalue weighted by molar-refractivity contribution is 0.215. The summed E-state index contributed by atoms with van der Waals surface area (Å²) in [5.74, 6) is 0. The Morgan fingerprint density at radius 2 is 2.17 bits per heavy atom. The predicted molar refractivity (Wildman–Crippen MR) is 16.6 cm³/mol. The normalized spacial score (nSPS) is 7.17. The van der Waals surface area contributed by atoms with Gasteiger partial charge in [0.15, 0.2) is 0 Å². The molecule has 0 saturated heterocycles. The van der Waals surface area contributed by atoms with Crippen LogP contribution in [-0.4, -0.2) is 6.43 Å². The van der Waals surface area contributed by atoms with E-state index < -0.39 is 6.43 Å². The van der Waals surface area contributed by atoms with Crippen LogP contribution >= 0.6 is 0 Å². The van der Waals surface area contributed by atoms with Gasteiger partial charge in [0, 0.05) is 5.01 Å². The minimum atomic E-state index is -2.83. The maximum atomic E-state index is 10.6. The van der Waals surface area contributed by atoms with Crippen LogP contribution in [-0.2, 0) is 0 Å². The third-order valence-corrected chi connectivity index (χ3v) is 0.150. The molecule has 0 aromatic carbocycles. The van der Waals surface area contributed by atoms with Crippen molar-refractivity contribution in [1.82, 2.24) is 0 Å². The number of hydrogen-bond acceptors (Lipinski definition) is 1. The van der Waals surface area contributed by atoms with Gasteiger partial charge in [-0.2, -0.15) is 8.78 Å². The smallest absolute Gasteiger partial charge is 0.371 e. The first-order chi connectivity index (χ1) is 2.77. The molecule has 0 aromatic rings. The highest BCUT2D eigenvalue weighted by Gasteiger charge is 2.00. The Morgan fingerprint density at radius 1 is 1.67 bits per heavy atom. The van der Waals surface area contributed by atoms with Gasteiger partial charge in [0.2, 0.25) is 0 Å². The Labute approximate surface area is 32.8 Å². The van der Waals surface area contributed by atoms with Crippen molar-refractivity contribution in [2.75, 3.05) is 0 Å². The first-order valence-corrected chi connectivity index (χ1v) is 1.13.